The number of ketones is 1. The molecule has 0 bridgehead atoms. The second kappa shape index (κ2) is 5.07. The van der Waals surface area contributed by atoms with E-state index in [0.717, 1.165) is 4.88 Å². The summed E-state index contributed by atoms with van der Waals surface area (Å²) < 4.78 is 0. The molecule has 0 aromatic carbocycles. The summed E-state index contributed by atoms with van der Waals surface area (Å²) in [6.07, 6.45) is 0. The van der Waals surface area contributed by atoms with Crippen LogP contribution in [0.1, 0.15) is 21.5 Å². The number of rotatable bonds is 2. The second-order valence-corrected chi connectivity index (χ2v) is 3.49. The predicted molar refractivity (Wildman–Crippen MR) is 55.2 cm³/mol. The summed E-state index contributed by atoms with van der Waals surface area (Å²) in [5.41, 5.74) is 7.99. The Balaban J connectivity index is 2.71. The van der Waals surface area contributed by atoms with Gasteiger partial charge in [0.15, 0.2) is 5.78 Å². The zero-order valence-electron chi connectivity index (χ0n) is 7.52. The third-order valence-electron chi connectivity index (χ3n) is 1.38. The first-order valence-corrected chi connectivity index (χ1v) is 4.66. The molecule has 1 aromatic heterocycles. The van der Waals surface area contributed by atoms with Gasteiger partial charge < -0.3 is 0 Å². The average Bonchev–Trinajstić information content (AvgIpc) is 2.61. The standard InChI is InChI=1S/C9H7N3OS/c1-7(13)9-5-4-8(14-9)3-2-6-11-12-10/h4-5H,6H2,1H3. The Bertz CT molecular complexity index is 446. The molecule has 0 atom stereocenters. The molecule has 1 heterocycles. The summed E-state index contributed by atoms with van der Waals surface area (Å²) in [7, 11) is 0. The fourth-order valence-electron chi connectivity index (χ4n) is 0.788. The first-order valence-electron chi connectivity index (χ1n) is 3.84. The minimum atomic E-state index is 0.0399. The SMILES string of the molecule is CC(=O)c1ccc(C#CCN=[N+]=[N-])s1. The van der Waals surface area contributed by atoms with E-state index in [0.29, 0.717) is 4.88 Å². The highest BCUT2D eigenvalue weighted by atomic mass is 32.1. The Morgan fingerprint density at radius 2 is 2.50 bits per heavy atom. The maximum atomic E-state index is 10.9. The number of thiophene rings is 1. The second-order valence-electron chi connectivity index (χ2n) is 2.41. The Hall–Kier alpha value is -1.76. The first-order chi connectivity index (χ1) is 6.74. The lowest BCUT2D eigenvalue weighted by Gasteiger charge is -1.81. The molecule has 1 rings (SSSR count). The maximum Gasteiger partial charge on any atom is 0.169 e. The van der Waals surface area contributed by atoms with E-state index in [1.165, 1.54) is 18.3 Å². The van der Waals surface area contributed by atoms with Gasteiger partial charge in [0.25, 0.3) is 0 Å². The van der Waals surface area contributed by atoms with Crippen LogP contribution in [-0.2, 0) is 0 Å². The lowest BCUT2D eigenvalue weighted by atomic mass is 10.3. The van der Waals surface area contributed by atoms with Crippen molar-refractivity contribution >= 4 is 17.1 Å². The zero-order valence-corrected chi connectivity index (χ0v) is 8.34. The molecule has 0 spiro atoms. The topological polar surface area (TPSA) is 65.8 Å². The predicted octanol–water partition coefficient (Wildman–Crippen LogP) is 2.61. The molecular weight excluding hydrogens is 198 g/mol. The highest BCUT2D eigenvalue weighted by Crippen LogP contribution is 2.15. The number of azide groups is 1. The van der Waals surface area contributed by atoms with Crippen LogP contribution in [0.3, 0.4) is 0 Å². The Morgan fingerprint density at radius 1 is 1.71 bits per heavy atom. The quantitative estimate of drug-likeness (QED) is 0.240. The molecule has 0 aliphatic rings. The van der Waals surface area contributed by atoms with Crippen LogP contribution < -0.4 is 0 Å². The van der Waals surface area contributed by atoms with Crippen molar-refractivity contribution in [3.05, 3.63) is 32.3 Å². The van der Waals surface area contributed by atoms with E-state index in [1.807, 2.05) is 0 Å². The van der Waals surface area contributed by atoms with Crippen molar-refractivity contribution in [2.45, 2.75) is 6.92 Å². The van der Waals surface area contributed by atoms with Gasteiger partial charge in [-0.2, -0.15) is 0 Å². The summed E-state index contributed by atoms with van der Waals surface area (Å²) in [6, 6.07) is 3.52. The molecule has 0 aliphatic heterocycles. The number of hydrogen-bond acceptors (Lipinski definition) is 3. The lowest BCUT2D eigenvalue weighted by Crippen LogP contribution is -1.83. The van der Waals surface area contributed by atoms with Crippen LogP contribution in [0.15, 0.2) is 17.2 Å². The summed E-state index contributed by atoms with van der Waals surface area (Å²) in [5.74, 6) is 5.53. The van der Waals surface area contributed by atoms with E-state index in [-0.39, 0.29) is 12.3 Å². The van der Waals surface area contributed by atoms with Gasteiger partial charge in [-0.25, -0.2) is 0 Å². The number of carbonyl (C=O) groups excluding carboxylic acids is 1. The normalized spacial score (nSPS) is 8.36. The molecule has 70 valence electrons. The van der Waals surface area contributed by atoms with Crippen molar-refractivity contribution in [1.82, 2.24) is 0 Å². The highest BCUT2D eigenvalue weighted by molar-refractivity contribution is 7.14. The van der Waals surface area contributed by atoms with Crippen molar-refractivity contribution in [2.75, 3.05) is 6.54 Å². The molecule has 4 nitrogen and oxygen atoms in total. The van der Waals surface area contributed by atoms with Crippen LogP contribution in [0, 0.1) is 11.8 Å². The Labute approximate surface area is 85.2 Å². The van der Waals surface area contributed by atoms with Crippen LogP contribution in [0.25, 0.3) is 10.4 Å². The van der Waals surface area contributed by atoms with Gasteiger partial charge in [-0.1, -0.05) is 17.0 Å². The van der Waals surface area contributed by atoms with Gasteiger partial charge in [0, 0.05) is 4.91 Å². The Kier molecular flexibility index (Phi) is 3.74. The van der Waals surface area contributed by atoms with Gasteiger partial charge in [0.2, 0.25) is 0 Å². The van der Waals surface area contributed by atoms with Crippen molar-refractivity contribution in [1.29, 1.82) is 0 Å². The number of hydrogen-bond donors (Lipinski definition) is 0. The van der Waals surface area contributed by atoms with Gasteiger partial charge in [-0.05, 0) is 24.6 Å². The largest absolute Gasteiger partial charge is 0.294 e. The third-order valence-corrected chi connectivity index (χ3v) is 2.48. The lowest BCUT2D eigenvalue weighted by molar-refractivity contribution is 0.102. The molecule has 1 aromatic rings. The fourth-order valence-corrected chi connectivity index (χ4v) is 1.56. The third kappa shape index (κ3) is 2.94. The van der Waals surface area contributed by atoms with E-state index in [4.69, 9.17) is 5.53 Å². The van der Waals surface area contributed by atoms with E-state index < -0.39 is 0 Å². The summed E-state index contributed by atoms with van der Waals surface area (Å²) in [4.78, 5) is 15.0. The highest BCUT2D eigenvalue weighted by Gasteiger charge is 2.01. The molecule has 0 fully saturated rings. The van der Waals surface area contributed by atoms with Crippen molar-refractivity contribution in [3.8, 4) is 11.8 Å². The molecular formula is C9H7N3OS. The maximum absolute atomic E-state index is 10.9. The summed E-state index contributed by atoms with van der Waals surface area (Å²) in [5, 5.41) is 3.27. The van der Waals surface area contributed by atoms with Crippen molar-refractivity contribution < 1.29 is 4.79 Å². The van der Waals surface area contributed by atoms with Crippen LogP contribution in [0.2, 0.25) is 0 Å². The molecule has 0 unspecified atom stereocenters. The molecule has 0 N–H and O–H groups in total. The molecule has 0 saturated heterocycles. The summed E-state index contributed by atoms with van der Waals surface area (Å²) >= 11 is 1.34. The minimum Gasteiger partial charge on any atom is -0.294 e. The van der Waals surface area contributed by atoms with E-state index in [1.54, 1.807) is 12.1 Å². The van der Waals surface area contributed by atoms with Crippen LogP contribution >= 0.6 is 11.3 Å². The Morgan fingerprint density at radius 3 is 3.07 bits per heavy atom. The number of nitrogens with zero attached hydrogens (tertiary/aromatic N) is 3. The molecule has 5 heteroatoms. The molecule has 0 aliphatic carbocycles. The van der Waals surface area contributed by atoms with E-state index in [9.17, 15) is 4.79 Å². The summed E-state index contributed by atoms with van der Waals surface area (Å²) in [6.45, 7) is 1.67. The molecule has 0 saturated carbocycles. The van der Waals surface area contributed by atoms with Crippen LogP contribution in [0.4, 0.5) is 0 Å². The van der Waals surface area contributed by atoms with Gasteiger partial charge in [0.05, 0.1) is 16.3 Å². The van der Waals surface area contributed by atoms with E-state index in [2.05, 4.69) is 21.9 Å². The first kappa shape index (κ1) is 10.3. The van der Waals surface area contributed by atoms with Crippen LogP contribution in [0.5, 0.6) is 0 Å². The monoisotopic (exact) mass is 205 g/mol. The van der Waals surface area contributed by atoms with Gasteiger partial charge in [-0.15, -0.1) is 11.3 Å². The molecule has 0 radical (unpaired) electrons. The van der Waals surface area contributed by atoms with Gasteiger partial charge in [0.1, 0.15) is 0 Å². The average molecular weight is 205 g/mol. The smallest absolute Gasteiger partial charge is 0.169 e. The number of Topliss-reactive ketones (excluding diaryl/α,β-unsaturated/α-hetero) is 1. The van der Waals surface area contributed by atoms with Crippen LogP contribution in [-0.4, -0.2) is 12.3 Å². The van der Waals surface area contributed by atoms with E-state index >= 15 is 0 Å². The van der Waals surface area contributed by atoms with Crippen molar-refractivity contribution in [3.63, 3.8) is 0 Å². The van der Waals surface area contributed by atoms with Crippen molar-refractivity contribution in [2.24, 2.45) is 5.11 Å². The molecule has 14 heavy (non-hydrogen) atoms. The minimum absolute atomic E-state index is 0.0399. The van der Waals surface area contributed by atoms with Gasteiger partial charge in [-0.3, -0.25) is 4.79 Å². The number of carbonyl (C=O) groups is 1. The fraction of sp³-hybridized carbons (Fsp3) is 0.222. The molecule has 0 amide bonds. The van der Waals surface area contributed by atoms with Gasteiger partial charge >= 0.3 is 0 Å². The zero-order chi connectivity index (χ0) is 10.4.